The third-order valence-electron chi connectivity index (χ3n) is 2.84. The second-order valence-electron chi connectivity index (χ2n) is 4.52. The average molecular weight is 242 g/mol. The van der Waals surface area contributed by atoms with Gasteiger partial charge in [-0.15, -0.1) is 0 Å². The number of benzene rings is 1. The lowest BCUT2D eigenvalue weighted by Gasteiger charge is -2.11. The first-order valence-electron chi connectivity index (χ1n) is 6.11. The van der Waals surface area contributed by atoms with Crippen LogP contribution in [0.15, 0.2) is 42.7 Å². The van der Waals surface area contributed by atoms with Crippen LogP contribution in [-0.2, 0) is 6.54 Å². The van der Waals surface area contributed by atoms with E-state index >= 15 is 0 Å². The van der Waals surface area contributed by atoms with Crippen LogP contribution in [0.25, 0.3) is 0 Å². The van der Waals surface area contributed by atoms with E-state index in [4.69, 9.17) is 10.5 Å². The average Bonchev–Trinajstić information content (AvgIpc) is 2.39. The van der Waals surface area contributed by atoms with Crippen molar-refractivity contribution in [2.75, 3.05) is 0 Å². The fourth-order valence-electron chi connectivity index (χ4n) is 1.73. The Bertz CT molecular complexity index is 523. The molecular formula is C15H18N2O. The number of aromatic nitrogens is 1. The Morgan fingerprint density at radius 3 is 2.83 bits per heavy atom. The molecular weight excluding hydrogens is 224 g/mol. The highest BCUT2D eigenvalue weighted by atomic mass is 16.5. The van der Waals surface area contributed by atoms with Gasteiger partial charge in [-0.2, -0.15) is 0 Å². The number of nitrogens with two attached hydrogens (primary N) is 1. The van der Waals surface area contributed by atoms with Crippen LogP contribution in [0.3, 0.4) is 0 Å². The van der Waals surface area contributed by atoms with Crippen molar-refractivity contribution in [3.8, 4) is 11.5 Å². The van der Waals surface area contributed by atoms with Crippen molar-refractivity contribution in [3.63, 3.8) is 0 Å². The van der Waals surface area contributed by atoms with Crippen molar-refractivity contribution < 1.29 is 4.74 Å². The third-order valence-corrected chi connectivity index (χ3v) is 2.84. The Morgan fingerprint density at radius 2 is 2.11 bits per heavy atom. The van der Waals surface area contributed by atoms with Crippen molar-refractivity contribution in [3.05, 3.63) is 53.9 Å². The first-order chi connectivity index (χ1) is 8.70. The molecule has 2 aromatic rings. The highest BCUT2D eigenvalue weighted by molar-refractivity contribution is 5.37. The van der Waals surface area contributed by atoms with E-state index in [-0.39, 0.29) is 0 Å². The maximum absolute atomic E-state index is 5.85. The summed E-state index contributed by atoms with van der Waals surface area (Å²) < 4.78 is 5.85. The molecule has 0 bridgehead atoms. The molecule has 3 heteroatoms. The third kappa shape index (κ3) is 2.87. The molecule has 0 aliphatic heterocycles. The van der Waals surface area contributed by atoms with Gasteiger partial charge in [-0.3, -0.25) is 4.98 Å². The fraction of sp³-hybridized carbons (Fsp3) is 0.267. The summed E-state index contributed by atoms with van der Waals surface area (Å²) in [7, 11) is 0. The monoisotopic (exact) mass is 242 g/mol. The lowest BCUT2D eigenvalue weighted by Crippen LogP contribution is -2.00. The zero-order valence-corrected chi connectivity index (χ0v) is 10.8. The van der Waals surface area contributed by atoms with E-state index in [0.29, 0.717) is 12.5 Å². The maximum Gasteiger partial charge on any atom is 0.150 e. The SMILES string of the molecule is CC(C)c1cccc(Oc2cnccc2CN)c1. The summed E-state index contributed by atoms with van der Waals surface area (Å²) in [4.78, 5) is 4.07. The molecule has 0 saturated heterocycles. The van der Waals surface area contributed by atoms with E-state index in [1.54, 1.807) is 12.4 Å². The molecule has 1 aromatic heterocycles. The summed E-state index contributed by atoms with van der Waals surface area (Å²) in [6, 6.07) is 9.98. The minimum absolute atomic E-state index is 0.446. The number of rotatable bonds is 4. The quantitative estimate of drug-likeness (QED) is 0.893. The summed E-state index contributed by atoms with van der Waals surface area (Å²) in [5.74, 6) is 2.03. The summed E-state index contributed by atoms with van der Waals surface area (Å²) >= 11 is 0. The number of nitrogens with zero attached hydrogens (tertiary/aromatic N) is 1. The van der Waals surface area contributed by atoms with Crippen molar-refractivity contribution in [2.45, 2.75) is 26.3 Å². The van der Waals surface area contributed by atoms with Crippen molar-refractivity contribution >= 4 is 0 Å². The zero-order chi connectivity index (χ0) is 13.0. The Kier molecular flexibility index (Phi) is 3.95. The smallest absolute Gasteiger partial charge is 0.150 e. The predicted molar refractivity (Wildman–Crippen MR) is 72.7 cm³/mol. The van der Waals surface area contributed by atoms with Crippen LogP contribution in [-0.4, -0.2) is 4.98 Å². The highest BCUT2D eigenvalue weighted by Gasteiger charge is 2.05. The van der Waals surface area contributed by atoms with Gasteiger partial charge in [-0.05, 0) is 29.7 Å². The highest BCUT2D eigenvalue weighted by Crippen LogP contribution is 2.26. The van der Waals surface area contributed by atoms with Crippen LogP contribution in [0.2, 0.25) is 0 Å². The molecule has 2 N–H and O–H groups in total. The van der Waals surface area contributed by atoms with Gasteiger partial charge in [0.15, 0.2) is 0 Å². The molecule has 0 spiro atoms. The lowest BCUT2D eigenvalue weighted by molar-refractivity contribution is 0.473. The number of hydrogen-bond donors (Lipinski definition) is 1. The van der Waals surface area contributed by atoms with Gasteiger partial charge < -0.3 is 10.5 Å². The summed E-state index contributed by atoms with van der Waals surface area (Å²) in [6.45, 7) is 4.77. The number of hydrogen-bond acceptors (Lipinski definition) is 3. The Labute approximate surface area is 108 Å². The molecule has 0 aliphatic carbocycles. The van der Waals surface area contributed by atoms with Gasteiger partial charge in [-0.25, -0.2) is 0 Å². The second kappa shape index (κ2) is 5.65. The number of pyridine rings is 1. The first kappa shape index (κ1) is 12.6. The van der Waals surface area contributed by atoms with E-state index < -0.39 is 0 Å². The van der Waals surface area contributed by atoms with Gasteiger partial charge in [0.1, 0.15) is 11.5 Å². The standard InChI is InChI=1S/C15H18N2O/c1-11(2)12-4-3-5-14(8-12)18-15-10-17-7-6-13(15)9-16/h3-8,10-11H,9,16H2,1-2H3. The molecule has 2 rings (SSSR count). The van der Waals surface area contributed by atoms with Gasteiger partial charge in [0.05, 0.1) is 6.20 Å². The normalized spacial score (nSPS) is 10.7. The van der Waals surface area contributed by atoms with E-state index in [1.807, 2.05) is 18.2 Å². The van der Waals surface area contributed by atoms with Gasteiger partial charge in [0, 0.05) is 18.3 Å². The minimum Gasteiger partial charge on any atom is -0.455 e. The molecule has 94 valence electrons. The molecule has 0 unspecified atom stereocenters. The fourth-order valence-corrected chi connectivity index (χ4v) is 1.73. The van der Waals surface area contributed by atoms with Crippen LogP contribution in [0.1, 0.15) is 30.9 Å². The van der Waals surface area contributed by atoms with Crippen molar-refractivity contribution in [1.82, 2.24) is 4.98 Å². The summed E-state index contributed by atoms with van der Waals surface area (Å²) in [5, 5.41) is 0. The molecule has 0 fully saturated rings. The molecule has 0 atom stereocenters. The van der Waals surface area contributed by atoms with E-state index in [9.17, 15) is 0 Å². The second-order valence-corrected chi connectivity index (χ2v) is 4.52. The molecule has 0 amide bonds. The predicted octanol–water partition coefficient (Wildman–Crippen LogP) is 3.46. The minimum atomic E-state index is 0.446. The topological polar surface area (TPSA) is 48.1 Å². The molecule has 1 aromatic carbocycles. The van der Waals surface area contributed by atoms with Crippen molar-refractivity contribution in [2.24, 2.45) is 5.73 Å². The molecule has 1 heterocycles. The lowest BCUT2D eigenvalue weighted by atomic mass is 10.0. The van der Waals surface area contributed by atoms with Crippen molar-refractivity contribution in [1.29, 1.82) is 0 Å². The van der Waals surface area contributed by atoms with Crippen LogP contribution in [0.5, 0.6) is 11.5 Å². The van der Waals surface area contributed by atoms with Gasteiger partial charge >= 0.3 is 0 Å². The molecule has 0 radical (unpaired) electrons. The first-order valence-corrected chi connectivity index (χ1v) is 6.11. The van der Waals surface area contributed by atoms with Gasteiger partial charge in [0.2, 0.25) is 0 Å². The van der Waals surface area contributed by atoms with Crippen LogP contribution < -0.4 is 10.5 Å². The molecule has 3 nitrogen and oxygen atoms in total. The Morgan fingerprint density at radius 1 is 1.28 bits per heavy atom. The van der Waals surface area contributed by atoms with Crippen LogP contribution in [0, 0.1) is 0 Å². The van der Waals surface area contributed by atoms with Crippen LogP contribution >= 0.6 is 0 Å². The molecule has 0 saturated carbocycles. The molecule has 0 aliphatic rings. The van der Waals surface area contributed by atoms with E-state index in [2.05, 4.69) is 31.0 Å². The number of ether oxygens (including phenoxy) is 1. The zero-order valence-electron chi connectivity index (χ0n) is 10.8. The Balaban J connectivity index is 2.25. The van der Waals surface area contributed by atoms with E-state index in [1.165, 1.54) is 5.56 Å². The largest absolute Gasteiger partial charge is 0.455 e. The van der Waals surface area contributed by atoms with E-state index in [0.717, 1.165) is 17.1 Å². The molecule has 18 heavy (non-hydrogen) atoms. The Hall–Kier alpha value is -1.87. The van der Waals surface area contributed by atoms with Crippen LogP contribution in [0.4, 0.5) is 0 Å². The summed E-state index contributed by atoms with van der Waals surface area (Å²) in [5.41, 5.74) is 7.89. The maximum atomic E-state index is 5.85. The van der Waals surface area contributed by atoms with Gasteiger partial charge in [0.25, 0.3) is 0 Å². The summed E-state index contributed by atoms with van der Waals surface area (Å²) in [6.07, 6.45) is 3.42. The van der Waals surface area contributed by atoms with Gasteiger partial charge in [-0.1, -0.05) is 26.0 Å².